The molecule has 0 aliphatic heterocycles. The fourth-order valence-electron chi connectivity index (χ4n) is 2.54. The molecule has 1 amide bonds. The van der Waals surface area contributed by atoms with Crippen molar-refractivity contribution in [3.8, 4) is 5.75 Å². The first-order chi connectivity index (χ1) is 12.2. The molecule has 0 unspecified atom stereocenters. The number of sulfonamides is 1. The Morgan fingerprint density at radius 3 is 2.46 bits per heavy atom. The van der Waals surface area contributed by atoms with Gasteiger partial charge in [0.15, 0.2) is 0 Å². The number of aromatic nitrogens is 1. The highest BCUT2D eigenvalue weighted by Crippen LogP contribution is 2.48. The first-order valence-corrected chi connectivity index (χ1v) is 8.96. The fourth-order valence-corrected chi connectivity index (χ4v) is 3.53. The summed E-state index contributed by atoms with van der Waals surface area (Å²) < 4.78 is 66.4. The number of hydrogen-bond acceptors (Lipinski definition) is 5. The second-order valence-electron chi connectivity index (χ2n) is 5.72. The van der Waals surface area contributed by atoms with Gasteiger partial charge in [0.05, 0.1) is 0 Å². The van der Waals surface area contributed by atoms with Gasteiger partial charge in [-0.05, 0) is 42.2 Å². The maximum Gasteiger partial charge on any atom is 0.573 e. The number of nitrogens with zero attached hydrogens (tertiary/aromatic N) is 1. The van der Waals surface area contributed by atoms with Gasteiger partial charge in [-0.1, -0.05) is 12.1 Å². The van der Waals surface area contributed by atoms with Crippen LogP contribution >= 0.6 is 0 Å². The van der Waals surface area contributed by atoms with Gasteiger partial charge in [0.1, 0.15) is 10.6 Å². The summed E-state index contributed by atoms with van der Waals surface area (Å²) in [6.07, 6.45) is -1.83. The molecule has 10 heteroatoms. The average Bonchev–Trinajstić information content (AvgIpc) is 3.35. The van der Waals surface area contributed by atoms with Gasteiger partial charge < -0.3 is 4.74 Å². The zero-order chi connectivity index (χ0) is 18.9. The summed E-state index contributed by atoms with van der Waals surface area (Å²) in [5, 5.41) is 0. The number of nitrogens with one attached hydrogen (secondary N) is 1. The molecule has 3 rings (SSSR count). The lowest BCUT2D eigenvalue weighted by atomic mass is 10.1. The van der Waals surface area contributed by atoms with E-state index < -0.39 is 28.2 Å². The lowest BCUT2D eigenvalue weighted by molar-refractivity contribution is -0.274. The van der Waals surface area contributed by atoms with Crippen LogP contribution in [0.4, 0.5) is 13.2 Å². The van der Waals surface area contributed by atoms with Crippen molar-refractivity contribution < 1.29 is 31.1 Å². The van der Waals surface area contributed by atoms with Crippen LogP contribution in [0.1, 0.15) is 17.9 Å². The number of halogens is 3. The van der Waals surface area contributed by atoms with Crippen molar-refractivity contribution in [2.45, 2.75) is 23.6 Å². The van der Waals surface area contributed by atoms with Crippen LogP contribution in [-0.2, 0) is 14.8 Å². The Kier molecular flexibility index (Phi) is 4.61. The van der Waals surface area contributed by atoms with Crippen LogP contribution in [0.5, 0.6) is 5.75 Å². The molecule has 0 saturated heterocycles. The van der Waals surface area contributed by atoms with E-state index >= 15 is 0 Å². The van der Waals surface area contributed by atoms with Crippen molar-refractivity contribution in [2.24, 2.45) is 5.92 Å². The van der Waals surface area contributed by atoms with E-state index in [1.54, 1.807) is 0 Å². The van der Waals surface area contributed by atoms with Crippen LogP contribution in [0.2, 0.25) is 0 Å². The highest BCUT2D eigenvalue weighted by Gasteiger charge is 2.45. The number of alkyl halides is 3. The van der Waals surface area contributed by atoms with E-state index in [1.807, 2.05) is 4.72 Å². The molecular formula is C16H13F3N2O4S. The minimum atomic E-state index is -4.77. The molecule has 2 atom stereocenters. The maximum absolute atomic E-state index is 12.1. The van der Waals surface area contributed by atoms with E-state index in [2.05, 4.69) is 9.72 Å². The molecule has 1 aromatic carbocycles. The molecule has 1 heterocycles. The van der Waals surface area contributed by atoms with Crippen molar-refractivity contribution in [3.05, 3.63) is 54.4 Å². The Balaban J connectivity index is 1.62. The SMILES string of the molecule is O=C(NS(=O)(=O)c1cccnc1)[C@@H]1C[C@@H]1c1ccc(OC(F)(F)F)cc1. The Bertz CT molecular complexity index is 899. The Morgan fingerprint density at radius 2 is 1.88 bits per heavy atom. The summed E-state index contributed by atoms with van der Waals surface area (Å²) in [6, 6.07) is 7.91. The summed E-state index contributed by atoms with van der Waals surface area (Å²) in [4.78, 5) is 15.7. The standard InChI is InChI=1S/C16H13F3N2O4S/c17-16(18,19)25-11-5-3-10(4-6-11)13-8-14(13)15(22)21-26(23,24)12-2-1-7-20-9-12/h1-7,9,13-14H,8H2,(H,21,22)/t13-,14-/m1/s1. The number of carbonyl (C=O) groups excluding carboxylic acids is 1. The first-order valence-electron chi connectivity index (χ1n) is 7.48. The molecule has 0 bridgehead atoms. The Labute approximate surface area is 147 Å². The lowest BCUT2D eigenvalue weighted by Gasteiger charge is -2.09. The van der Waals surface area contributed by atoms with E-state index in [-0.39, 0.29) is 16.6 Å². The number of amides is 1. The zero-order valence-electron chi connectivity index (χ0n) is 13.1. The van der Waals surface area contributed by atoms with Gasteiger partial charge in [-0.15, -0.1) is 13.2 Å². The molecule has 138 valence electrons. The molecule has 6 nitrogen and oxygen atoms in total. The van der Waals surface area contributed by atoms with Gasteiger partial charge in [-0.3, -0.25) is 9.78 Å². The number of pyridine rings is 1. The average molecular weight is 386 g/mol. The number of benzene rings is 1. The van der Waals surface area contributed by atoms with Crippen LogP contribution in [0.3, 0.4) is 0 Å². The monoisotopic (exact) mass is 386 g/mol. The normalized spacial score (nSPS) is 19.7. The first kappa shape index (κ1) is 18.2. The molecule has 1 aliphatic carbocycles. The van der Waals surface area contributed by atoms with E-state index in [0.717, 1.165) is 18.3 Å². The van der Waals surface area contributed by atoms with Crippen LogP contribution in [0.15, 0.2) is 53.7 Å². The van der Waals surface area contributed by atoms with Crippen LogP contribution in [0.25, 0.3) is 0 Å². The molecule has 1 aromatic heterocycles. The van der Waals surface area contributed by atoms with Gasteiger partial charge in [-0.25, -0.2) is 13.1 Å². The van der Waals surface area contributed by atoms with Crippen molar-refractivity contribution in [3.63, 3.8) is 0 Å². The van der Waals surface area contributed by atoms with Crippen molar-refractivity contribution >= 4 is 15.9 Å². The Morgan fingerprint density at radius 1 is 1.19 bits per heavy atom. The van der Waals surface area contributed by atoms with E-state index in [0.29, 0.717) is 12.0 Å². The fraction of sp³-hybridized carbons (Fsp3) is 0.250. The quantitative estimate of drug-likeness (QED) is 0.854. The highest BCUT2D eigenvalue weighted by molar-refractivity contribution is 7.90. The second kappa shape index (κ2) is 6.60. The molecule has 0 radical (unpaired) electrons. The van der Waals surface area contributed by atoms with Crippen molar-refractivity contribution in [2.75, 3.05) is 0 Å². The number of rotatable bonds is 5. The third-order valence-electron chi connectivity index (χ3n) is 3.85. The summed E-state index contributed by atoms with van der Waals surface area (Å²) in [5.41, 5.74) is 0.637. The largest absolute Gasteiger partial charge is 0.573 e. The predicted octanol–water partition coefficient (Wildman–Crippen LogP) is 2.59. The zero-order valence-corrected chi connectivity index (χ0v) is 13.9. The number of hydrogen-bond donors (Lipinski definition) is 1. The van der Waals surface area contributed by atoms with Gasteiger partial charge in [-0.2, -0.15) is 0 Å². The van der Waals surface area contributed by atoms with Crippen molar-refractivity contribution in [1.29, 1.82) is 0 Å². The lowest BCUT2D eigenvalue weighted by Crippen LogP contribution is -2.32. The third kappa shape index (κ3) is 4.31. The molecule has 1 N–H and O–H groups in total. The molecule has 1 saturated carbocycles. The number of ether oxygens (including phenoxy) is 1. The van der Waals surface area contributed by atoms with Gasteiger partial charge in [0.2, 0.25) is 5.91 Å². The van der Waals surface area contributed by atoms with E-state index in [1.165, 1.54) is 30.5 Å². The smallest absolute Gasteiger partial charge is 0.406 e. The van der Waals surface area contributed by atoms with Crippen molar-refractivity contribution in [1.82, 2.24) is 9.71 Å². The minimum absolute atomic E-state index is 0.126. The maximum atomic E-state index is 12.1. The minimum Gasteiger partial charge on any atom is -0.406 e. The molecule has 1 aliphatic rings. The molecule has 1 fully saturated rings. The van der Waals surface area contributed by atoms with Gasteiger partial charge in [0, 0.05) is 18.3 Å². The van der Waals surface area contributed by atoms with Crippen LogP contribution < -0.4 is 9.46 Å². The summed E-state index contributed by atoms with van der Waals surface area (Å²) >= 11 is 0. The highest BCUT2D eigenvalue weighted by atomic mass is 32.2. The molecule has 2 aromatic rings. The second-order valence-corrected chi connectivity index (χ2v) is 7.41. The third-order valence-corrected chi connectivity index (χ3v) is 5.18. The predicted molar refractivity (Wildman–Crippen MR) is 83.5 cm³/mol. The van der Waals surface area contributed by atoms with E-state index in [4.69, 9.17) is 0 Å². The molecular weight excluding hydrogens is 373 g/mol. The summed E-state index contributed by atoms with van der Waals surface area (Å²) in [5.74, 6) is -1.83. The summed E-state index contributed by atoms with van der Waals surface area (Å²) in [6.45, 7) is 0. The van der Waals surface area contributed by atoms with Gasteiger partial charge >= 0.3 is 6.36 Å². The number of carbonyl (C=O) groups is 1. The molecule has 26 heavy (non-hydrogen) atoms. The van der Waals surface area contributed by atoms with Gasteiger partial charge in [0.25, 0.3) is 10.0 Å². The van der Waals surface area contributed by atoms with Crippen LogP contribution in [0, 0.1) is 5.92 Å². The van der Waals surface area contributed by atoms with Crippen LogP contribution in [-0.4, -0.2) is 25.7 Å². The topological polar surface area (TPSA) is 85.4 Å². The Hall–Kier alpha value is -2.62. The molecule has 0 spiro atoms. The van der Waals surface area contributed by atoms with E-state index in [9.17, 15) is 26.4 Å². The summed E-state index contributed by atoms with van der Waals surface area (Å²) in [7, 11) is -4.00.